The summed E-state index contributed by atoms with van der Waals surface area (Å²) in [5, 5.41) is 9.11. The smallest absolute Gasteiger partial charge is 0.335 e. The van der Waals surface area contributed by atoms with Gasteiger partial charge in [-0.3, -0.25) is 0 Å². The fourth-order valence-corrected chi connectivity index (χ4v) is 3.58. The van der Waals surface area contributed by atoms with Crippen LogP contribution in [0.5, 0.6) is 0 Å². The Labute approximate surface area is 193 Å². The fraction of sp³-hybridized carbons (Fsp3) is 0.120. The van der Waals surface area contributed by atoms with Crippen LogP contribution in [0.1, 0.15) is 27.2 Å². The number of hydrogen-bond donors (Lipinski definition) is 1. The van der Waals surface area contributed by atoms with E-state index in [1.54, 1.807) is 42.5 Å². The molecule has 162 valence electrons. The van der Waals surface area contributed by atoms with Crippen molar-refractivity contribution in [2.75, 3.05) is 0 Å². The third-order valence-electron chi connectivity index (χ3n) is 4.95. The van der Waals surface area contributed by atoms with Crippen LogP contribution in [0.15, 0.2) is 83.5 Å². The van der Waals surface area contributed by atoms with Gasteiger partial charge in [0.1, 0.15) is 11.6 Å². The predicted molar refractivity (Wildman–Crippen MR) is 123 cm³/mol. The Bertz CT molecular complexity index is 1220. The second-order valence-corrected chi connectivity index (χ2v) is 8.19. The van der Waals surface area contributed by atoms with E-state index in [0.717, 1.165) is 27.1 Å². The number of halogens is 2. The predicted octanol–water partition coefficient (Wildman–Crippen LogP) is 5.92. The average Bonchev–Trinajstić information content (AvgIpc) is 3.18. The Kier molecular flexibility index (Phi) is 6.78. The molecule has 0 aliphatic rings. The number of imidazole rings is 1. The average molecular weight is 495 g/mol. The molecule has 4 rings (SSSR count). The van der Waals surface area contributed by atoms with Crippen molar-refractivity contribution < 1.29 is 19.0 Å². The van der Waals surface area contributed by atoms with Crippen molar-refractivity contribution in [2.45, 2.75) is 19.8 Å². The van der Waals surface area contributed by atoms with Gasteiger partial charge < -0.3 is 14.4 Å². The summed E-state index contributed by atoms with van der Waals surface area (Å²) in [6, 6.07) is 21.1. The normalized spacial score (nSPS) is 10.9. The van der Waals surface area contributed by atoms with Crippen molar-refractivity contribution in [2.24, 2.45) is 0 Å². The van der Waals surface area contributed by atoms with Gasteiger partial charge in [0.25, 0.3) is 0 Å². The van der Waals surface area contributed by atoms with Crippen LogP contribution in [0.2, 0.25) is 0 Å². The molecule has 4 aromatic rings. The van der Waals surface area contributed by atoms with Crippen LogP contribution in [-0.4, -0.2) is 20.6 Å². The molecule has 0 unspecified atom stereocenters. The molecule has 32 heavy (non-hydrogen) atoms. The highest BCUT2D eigenvalue weighted by Crippen LogP contribution is 2.23. The zero-order valence-electron chi connectivity index (χ0n) is 17.0. The molecule has 0 fully saturated rings. The monoisotopic (exact) mass is 494 g/mol. The lowest BCUT2D eigenvalue weighted by atomic mass is 10.1. The maximum absolute atomic E-state index is 13.8. The second kappa shape index (κ2) is 9.89. The van der Waals surface area contributed by atoms with E-state index in [2.05, 4.69) is 15.9 Å². The van der Waals surface area contributed by atoms with E-state index in [0.29, 0.717) is 12.1 Å². The maximum atomic E-state index is 13.8. The van der Waals surface area contributed by atoms with Gasteiger partial charge in [0.15, 0.2) is 0 Å². The molecule has 3 aromatic carbocycles. The molecule has 0 radical (unpaired) electrons. The molecule has 1 aromatic heterocycles. The molecule has 0 saturated carbocycles. The van der Waals surface area contributed by atoms with Crippen LogP contribution in [-0.2, 0) is 24.5 Å². The number of aromatic carboxylic acids is 1. The molecule has 1 heterocycles. The van der Waals surface area contributed by atoms with E-state index in [1.165, 1.54) is 6.07 Å². The Morgan fingerprint density at radius 2 is 1.72 bits per heavy atom. The number of ether oxygens (including phenoxy) is 1. The van der Waals surface area contributed by atoms with Gasteiger partial charge in [-0.05, 0) is 35.9 Å². The largest absolute Gasteiger partial charge is 0.478 e. The molecule has 5 nitrogen and oxygen atoms in total. The number of aromatic nitrogens is 2. The number of hydrogen-bond acceptors (Lipinski definition) is 3. The fourth-order valence-electron chi connectivity index (χ4n) is 3.32. The minimum atomic E-state index is -0.955. The molecule has 0 atom stereocenters. The first kappa shape index (κ1) is 21.9. The van der Waals surface area contributed by atoms with Crippen LogP contribution in [0, 0.1) is 5.82 Å². The number of nitrogens with zero attached hydrogens (tertiary/aromatic N) is 2. The first-order valence-corrected chi connectivity index (χ1v) is 10.7. The van der Waals surface area contributed by atoms with Crippen molar-refractivity contribution in [3.8, 4) is 11.4 Å². The zero-order chi connectivity index (χ0) is 22.5. The third-order valence-corrected chi connectivity index (χ3v) is 5.48. The first-order chi connectivity index (χ1) is 15.5. The van der Waals surface area contributed by atoms with Crippen LogP contribution in [0.4, 0.5) is 4.39 Å². The van der Waals surface area contributed by atoms with Gasteiger partial charge in [-0.25, -0.2) is 14.2 Å². The highest BCUT2D eigenvalue weighted by molar-refractivity contribution is 9.10. The molecular formula is C25H20BrFN2O3. The highest BCUT2D eigenvalue weighted by Gasteiger charge is 2.12. The Balaban J connectivity index is 1.56. The molecule has 0 aliphatic carbocycles. The van der Waals surface area contributed by atoms with E-state index < -0.39 is 5.97 Å². The van der Waals surface area contributed by atoms with Gasteiger partial charge in [0, 0.05) is 28.3 Å². The Morgan fingerprint density at radius 1 is 1.00 bits per heavy atom. The topological polar surface area (TPSA) is 64.3 Å². The first-order valence-electron chi connectivity index (χ1n) is 9.95. The molecular weight excluding hydrogens is 475 g/mol. The maximum Gasteiger partial charge on any atom is 0.335 e. The molecule has 7 heteroatoms. The molecule has 0 amide bonds. The van der Waals surface area contributed by atoms with Gasteiger partial charge in [-0.15, -0.1) is 0 Å². The lowest BCUT2D eigenvalue weighted by molar-refractivity contribution is 0.0697. The summed E-state index contributed by atoms with van der Waals surface area (Å²) in [6.07, 6.45) is 1.91. The number of carboxylic acids is 1. The van der Waals surface area contributed by atoms with E-state index in [4.69, 9.17) is 14.8 Å². The van der Waals surface area contributed by atoms with Crippen LogP contribution < -0.4 is 0 Å². The van der Waals surface area contributed by atoms with Crippen molar-refractivity contribution >= 4 is 21.9 Å². The van der Waals surface area contributed by atoms with Gasteiger partial charge in [-0.2, -0.15) is 0 Å². The van der Waals surface area contributed by atoms with Crippen molar-refractivity contribution in [3.63, 3.8) is 0 Å². The molecule has 0 saturated heterocycles. The Morgan fingerprint density at radius 3 is 2.41 bits per heavy atom. The molecule has 0 spiro atoms. The minimum absolute atomic E-state index is 0.157. The van der Waals surface area contributed by atoms with E-state index in [-0.39, 0.29) is 24.6 Å². The summed E-state index contributed by atoms with van der Waals surface area (Å²) in [5.41, 5.74) is 3.36. The molecule has 0 aliphatic heterocycles. The van der Waals surface area contributed by atoms with Crippen molar-refractivity contribution in [1.82, 2.24) is 9.55 Å². The second-order valence-electron chi connectivity index (χ2n) is 7.28. The van der Waals surface area contributed by atoms with E-state index in [1.807, 2.05) is 35.0 Å². The van der Waals surface area contributed by atoms with Gasteiger partial charge in [-0.1, -0.05) is 58.4 Å². The highest BCUT2D eigenvalue weighted by atomic mass is 79.9. The molecule has 1 N–H and O–H groups in total. The van der Waals surface area contributed by atoms with Gasteiger partial charge in [0.2, 0.25) is 0 Å². The summed E-state index contributed by atoms with van der Waals surface area (Å²) in [7, 11) is 0. The lowest BCUT2D eigenvalue weighted by Gasteiger charge is -2.08. The Hall–Kier alpha value is -3.29. The van der Waals surface area contributed by atoms with E-state index in [9.17, 15) is 9.18 Å². The summed E-state index contributed by atoms with van der Waals surface area (Å²) in [6.45, 7) is 0.915. The SMILES string of the molecule is O=C(O)c1ccc(Cn2cc(COCc3ccccc3F)nc2-c2ccc(Br)cc2)cc1. The standard InChI is InChI=1S/C25H20BrFN2O3/c26-21-11-9-18(10-12-21)24-28-22(16-32-15-20-3-1-2-4-23(20)27)14-29(24)13-17-5-7-19(8-6-17)25(30)31/h1-12,14H,13,15-16H2,(H,30,31). The summed E-state index contributed by atoms with van der Waals surface area (Å²) in [5.74, 6) is -0.480. The number of benzene rings is 3. The number of rotatable bonds is 8. The number of carbonyl (C=O) groups is 1. The minimum Gasteiger partial charge on any atom is -0.478 e. The summed E-state index contributed by atoms with van der Waals surface area (Å²) < 4.78 is 22.5. The van der Waals surface area contributed by atoms with E-state index >= 15 is 0 Å². The van der Waals surface area contributed by atoms with Crippen LogP contribution in [0.25, 0.3) is 11.4 Å². The van der Waals surface area contributed by atoms with Gasteiger partial charge in [0.05, 0.1) is 24.5 Å². The summed E-state index contributed by atoms with van der Waals surface area (Å²) >= 11 is 3.45. The van der Waals surface area contributed by atoms with Crippen LogP contribution in [0.3, 0.4) is 0 Å². The van der Waals surface area contributed by atoms with Crippen molar-refractivity contribution in [3.05, 3.63) is 112 Å². The summed E-state index contributed by atoms with van der Waals surface area (Å²) in [4.78, 5) is 15.8. The number of carboxylic acid groups (broad SMARTS) is 1. The zero-order valence-corrected chi connectivity index (χ0v) is 18.6. The third kappa shape index (κ3) is 5.30. The van der Waals surface area contributed by atoms with Crippen molar-refractivity contribution in [1.29, 1.82) is 0 Å². The van der Waals surface area contributed by atoms with Gasteiger partial charge >= 0.3 is 5.97 Å². The molecule has 0 bridgehead atoms. The quantitative estimate of drug-likeness (QED) is 0.330. The lowest BCUT2D eigenvalue weighted by Crippen LogP contribution is -2.02. The van der Waals surface area contributed by atoms with Crippen LogP contribution >= 0.6 is 15.9 Å².